The van der Waals surface area contributed by atoms with Crippen LogP contribution in [0.15, 0.2) is 71.9 Å². The molecule has 0 spiro atoms. The molecule has 1 atom stereocenters. The summed E-state index contributed by atoms with van der Waals surface area (Å²) in [7, 11) is 1.81. The number of nitrogens with one attached hydrogen (secondary N) is 2. The van der Waals surface area contributed by atoms with E-state index in [0.29, 0.717) is 16.7 Å². The Labute approximate surface area is 214 Å². The van der Waals surface area contributed by atoms with E-state index in [2.05, 4.69) is 27.8 Å². The number of aryl methyl sites for hydroxylation is 1. The molecule has 0 saturated heterocycles. The zero-order valence-corrected chi connectivity index (χ0v) is 21.3. The smallest absolute Gasteiger partial charge is 0.261 e. The summed E-state index contributed by atoms with van der Waals surface area (Å²) in [5, 5.41) is 16.8. The summed E-state index contributed by atoms with van der Waals surface area (Å²) < 4.78 is 7.50. The summed E-state index contributed by atoms with van der Waals surface area (Å²) in [6.45, 7) is 3.99. The third-order valence-corrected chi connectivity index (χ3v) is 6.75. The van der Waals surface area contributed by atoms with Crippen molar-refractivity contribution in [2.75, 3.05) is 11.1 Å². The molecule has 8 nitrogen and oxygen atoms in total. The number of benzene rings is 3. The van der Waals surface area contributed by atoms with Gasteiger partial charge in [-0.1, -0.05) is 61.2 Å². The second-order valence-corrected chi connectivity index (χ2v) is 9.27. The lowest BCUT2D eigenvalue weighted by molar-refractivity contribution is -0.127. The van der Waals surface area contributed by atoms with E-state index in [1.165, 1.54) is 17.3 Å². The molecule has 0 radical (unpaired) electrons. The topological polar surface area (TPSA) is 98.1 Å². The molecule has 1 heterocycles. The molecule has 2 amide bonds. The standard InChI is InChI=1S/C27H29N5O3S/c1-4-19-9-13-23(14-10-19)35-18(2)26(34)28-16-24-30-31-27(32(24)3)36-17-25(33)29-22-12-11-20-7-5-6-8-21(20)15-22/h5-15,18H,4,16-17H2,1-3H3,(H,28,34)(H,29,33)/t18-/m0/s1. The second kappa shape index (κ2) is 11.7. The molecule has 1 aromatic heterocycles. The number of ether oxygens (including phenoxy) is 1. The van der Waals surface area contributed by atoms with Crippen LogP contribution in [0.2, 0.25) is 0 Å². The summed E-state index contributed by atoms with van der Waals surface area (Å²) in [5.41, 5.74) is 1.96. The van der Waals surface area contributed by atoms with Gasteiger partial charge in [0.15, 0.2) is 17.1 Å². The zero-order chi connectivity index (χ0) is 25.5. The first-order valence-electron chi connectivity index (χ1n) is 11.8. The summed E-state index contributed by atoms with van der Waals surface area (Å²) >= 11 is 1.28. The van der Waals surface area contributed by atoms with Gasteiger partial charge in [-0.3, -0.25) is 9.59 Å². The number of aromatic nitrogens is 3. The number of carbonyl (C=O) groups excluding carboxylic acids is 2. The Kier molecular flexibility index (Phi) is 8.22. The van der Waals surface area contributed by atoms with Crippen LogP contribution in [0, 0.1) is 0 Å². The Morgan fingerprint density at radius 1 is 1.03 bits per heavy atom. The van der Waals surface area contributed by atoms with E-state index in [4.69, 9.17) is 4.74 Å². The van der Waals surface area contributed by atoms with E-state index < -0.39 is 6.10 Å². The average molecular weight is 504 g/mol. The summed E-state index contributed by atoms with van der Waals surface area (Å²) in [6.07, 6.45) is 0.294. The molecule has 0 aliphatic rings. The van der Waals surface area contributed by atoms with Gasteiger partial charge in [0.1, 0.15) is 5.75 Å². The van der Waals surface area contributed by atoms with E-state index in [1.807, 2.05) is 66.7 Å². The summed E-state index contributed by atoms with van der Waals surface area (Å²) in [6, 6.07) is 21.5. The Morgan fingerprint density at radius 2 is 1.78 bits per heavy atom. The fraction of sp³-hybridized carbons (Fsp3) is 0.259. The van der Waals surface area contributed by atoms with E-state index >= 15 is 0 Å². The van der Waals surface area contributed by atoms with Gasteiger partial charge in [0, 0.05) is 12.7 Å². The highest BCUT2D eigenvalue weighted by molar-refractivity contribution is 7.99. The van der Waals surface area contributed by atoms with Crippen LogP contribution in [-0.2, 0) is 29.6 Å². The van der Waals surface area contributed by atoms with Crippen LogP contribution in [0.4, 0.5) is 5.69 Å². The van der Waals surface area contributed by atoms with Gasteiger partial charge < -0.3 is 19.9 Å². The van der Waals surface area contributed by atoms with Crippen molar-refractivity contribution in [3.05, 3.63) is 78.1 Å². The number of thioether (sulfide) groups is 1. The lowest BCUT2D eigenvalue weighted by atomic mass is 10.1. The zero-order valence-electron chi connectivity index (χ0n) is 20.5. The highest BCUT2D eigenvalue weighted by atomic mass is 32.2. The predicted octanol–water partition coefficient (Wildman–Crippen LogP) is 4.35. The van der Waals surface area contributed by atoms with Crippen molar-refractivity contribution in [2.24, 2.45) is 7.05 Å². The number of amides is 2. The van der Waals surface area contributed by atoms with Crippen molar-refractivity contribution in [3.63, 3.8) is 0 Å². The van der Waals surface area contributed by atoms with Crippen molar-refractivity contribution in [3.8, 4) is 5.75 Å². The molecule has 2 N–H and O–H groups in total. The van der Waals surface area contributed by atoms with Crippen LogP contribution < -0.4 is 15.4 Å². The molecule has 0 bridgehead atoms. The van der Waals surface area contributed by atoms with Crippen molar-refractivity contribution in [1.82, 2.24) is 20.1 Å². The molecule has 9 heteroatoms. The minimum Gasteiger partial charge on any atom is -0.481 e. The molecule has 0 unspecified atom stereocenters. The number of hydrogen-bond donors (Lipinski definition) is 2. The highest BCUT2D eigenvalue weighted by Gasteiger charge is 2.17. The van der Waals surface area contributed by atoms with E-state index in [0.717, 1.165) is 22.9 Å². The maximum absolute atomic E-state index is 12.5. The minimum atomic E-state index is -0.654. The monoisotopic (exact) mass is 503 g/mol. The normalized spacial score (nSPS) is 11.8. The van der Waals surface area contributed by atoms with Crippen LogP contribution in [-0.4, -0.2) is 38.4 Å². The average Bonchev–Trinajstić information content (AvgIpc) is 3.25. The quantitative estimate of drug-likeness (QED) is 0.312. The SMILES string of the molecule is CCc1ccc(O[C@@H](C)C(=O)NCc2nnc(SCC(=O)Nc3ccc4ccccc4c3)n2C)cc1. The van der Waals surface area contributed by atoms with Crippen LogP contribution >= 0.6 is 11.8 Å². The van der Waals surface area contributed by atoms with Crippen LogP contribution in [0.5, 0.6) is 5.75 Å². The maximum atomic E-state index is 12.5. The molecule has 0 aliphatic carbocycles. The molecule has 4 aromatic rings. The van der Waals surface area contributed by atoms with Gasteiger partial charge in [-0.2, -0.15) is 0 Å². The van der Waals surface area contributed by atoms with Gasteiger partial charge in [-0.25, -0.2) is 0 Å². The van der Waals surface area contributed by atoms with E-state index in [1.54, 1.807) is 18.5 Å². The largest absolute Gasteiger partial charge is 0.481 e. The van der Waals surface area contributed by atoms with Crippen LogP contribution in [0.1, 0.15) is 25.2 Å². The van der Waals surface area contributed by atoms with Gasteiger partial charge in [-0.15, -0.1) is 10.2 Å². The number of carbonyl (C=O) groups is 2. The third-order valence-electron chi connectivity index (χ3n) is 5.73. The Balaban J connectivity index is 1.25. The number of rotatable bonds is 10. The number of hydrogen-bond acceptors (Lipinski definition) is 6. The predicted molar refractivity (Wildman–Crippen MR) is 142 cm³/mol. The number of fused-ring (bicyclic) bond motifs is 1. The second-order valence-electron chi connectivity index (χ2n) is 8.33. The first-order valence-corrected chi connectivity index (χ1v) is 12.7. The Hall–Kier alpha value is -3.85. The molecule has 36 heavy (non-hydrogen) atoms. The maximum Gasteiger partial charge on any atom is 0.261 e. The van der Waals surface area contributed by atoms with Gasteiger partial charge in [0.25, 0.3) is 5.91 Å². The fourth-order valence-electron chi connectivity index (χ4n) is 3.59. The lowest BCUT2D eigenvalue weighted by Gasteiger charge is -2.15. The molecule has 186 valence electrons. The molecular formula is C27H29N5O3S. The van der Waals surface area contributed by atoms with Gasteiger partial charge in [-0.05, 0) is 53.9 Å². The van der Waals surface area contributed by atoms with Gasteiger partial charge in [0.05, 0.1) is 12.3 Å². The van der Waals surface area contributed by atoms with E-state index in [-0.39, 0.29) is 24.1 Å². The third kappa shape index (κ3) is 6.42. The van der Waals surface area contributed by atoms with Crippen molar-refractivity contribution >= 4 is 40.0 Å². The minimum absolute atomic E-state index is 0.133. The molecule has 0 aliphatic heterocycles. The lowest BCUT2D eigenvalue weighted by Crippen LogP contribution is -2.36. The van der Waals surface area contributed by atoms with Crippen molar-refractivity contribution in [2.45, 2.75) is 38.1 Å². The molecular weight excluding hydrogens is 474 g/mol. The van der Waals surface area contributed by atoms with E-state index in [9.17, 15) is 9.59 Å². The molecule has 3 aromatic carbocycles. The highest BCUT2D eigenvalue weighted by Crippen LogP contribution is 2.20. The van der Waals surface area contributed by atoms with Crippen molar-refractivity contribution in [1.29, 1.82) is 0 Å². The Morgan fingerprint density at radius 3 is 2.53 bits per heavy atom. The molecule has 0 fully saturated rings. The molecule has 4 rings (SSSR count). The first kappa shape index (κ1) is 25.2. The Bertz CT molecular complexity index is 1350. The number of nitrogens with zero attached hydrogens (tertiary/aromatic N) is 3. The summed E-state index contributed by atoms with van der Waals surface area (Å²) in [4.78, 5) is 24.9. The van der Waals surface area contributed by atoms with Crippen LogP contribution in [0.3, 0.4) is 0 Å². The van der Waals surface area contributed by atoms with Crippen molar-refractivity contribution < 1.29 is 14.3 Å². The van der Waals surface area contributed by atoms with Crippen LogP contribution in [0.25, 0.3) is 10.8 Å². The number of anilines is 1. The first-order chi connectivity index (χ1) is 17.4. The van der Waals surface area contributed by atoms with Gasteiger partial charge >= 0.3 is 0 Å². The molecule has 0 saturated carbocycles. The summed E-state index contributed by atoms with van der Waals surface area (Å²) in [5.74, 6) is 1.04. The van der Waals surface area contributed by atoms with Gasteiger partial charge in [0.2, 0.25) is 5.91 Å². The fourth-order valence-corrected chi connectivity index (χ4v) is 4.32.